The van der Waals surface area contributed by atoms with Crippen LogP contribution in [-0.4, -0.2) is 6.72 Å². The average Bonchev–Trinajstić information content (AvgIpc) is 2.64. The predicted octanol–water partition coefficient (Wildman–Crippen LogP) is 5.95. The van der Waals surface area contributed by atoms with Crippen molar-refractivity contribution >= 4 is 12.4 Å². The lowest BCUT2D eigenvalue weighted by molar-refractivity contribution is 1.26. The van der Waals surface area contributed by atoms with Gasteiger partial charge in [-0.05, 0) is 42.8 Å². The molecule has 0 amide bonds. The van der Waals surface area contributed by atoms with Crippen LogP contribution in [0.15, 0.2) is 89.9 Å². The first-order valence-electron chi connectivity index (χ1n) is 8.14. The van der Waals surface area contributed by atoms with Gasteiger partial charge in [0.15, 0.2) is 0 Å². The van der Waals surface area contributed by atoms with Gasteiger partial charge in [0.05, 0.1) is 5.70 Å². The molecule has 0 spiro atoms. The summed E-state index contributed by atoms with van der Waals surface area (Å²) in [6.45, 7) is 5.80. The third-order valence-corrected chi connectivity index (χ3v) is 4.08. The summed E-state index contributed by atoms with van der Waals surface area (Å²) in [4.78, 5) is 4.19. The number of allylic oxidation sites excluding steroid dienone is 1. The van der Waals surface area contributed by atoms with Crippen LogP contribution in [0.3, 0.4) is 0 Å². The number of rotatable bonds is 5. The van der Waals surface area contributed by atoms with Gasteiger partial charge in [0.2, 0.25) is 0 Å². The number of hydrogen-bond donors (Lipinski definition) is 0. The van der Waals surface area contributed by atoms with Crippen LogP contribution in [0.25, 0.3) is 16.8 Å². The Labute approximate surface area is 144 Å². The molecule has 0 fully saturated rings. The molecule has 0 N–H and O–H groups in total. The molecule has 0 saturated heterocycles. The Morgan fingerprint density at radius 2 is 1.58 bits per heavy atom. The molecule has 0 unspecified atom stereocenters. The van der Waals surface area contributed by atoms with E-state index in [1.54, 1.807) is 0 Å². The second-order valence-corrected chi connectivity index (χ2v) is 5.88. The Morgan fingerprint density at radius 3 is 2.25 bits per heavy atom. The van der Waals surface area contributed by atoms with Crippen molar-refractivity contribution < 1.29 is 0 Å². The molecular formula is C23H21N. The van der Waals surface area contributed by atoms with Crippen LogP contribution in [0.5, 0.6) is 0 Å². The predicted molar refractivity (Wildman–Crippen MR) is 104 cm³/mol. The minimum Gasteiger partial charge on any atom is -0.264 e. The van der Waals surface area contributed by atoms with Crippen molar-refractivity contribution in [3.8, 4) is 11.1 Å². The van der Waals surface area contributed by atoms with Gasteiger partial charge in [-0.1, -0.05) is 84.4 Å². The fraction of sp³-hybridized carbons (Fsp3) is 0.0870. The lowest BCUT2D eigenvalue weighted by atomic mass is 10.0. The summed E-state index contributed by atoms with van der Waals surface area (Å²) >= 11 is 0. The van der Waals surface area contributed by atoms with Crippen LogP contribution in [0.1, 0.15) is 16.7 Å². The minimum absolute atomic E-state index is 0.845. The van der Waals surface area contributed by atoms with Crippen molar-refractivity contribution in [1.82, 2.24) is 0 Å². The zero-order valence-corrected chi connectivity index (χ0v) is 13.9. The third-order valence-electron chi connectivity index (χ3n) is 4.08. The molecule has 0 heterocycles. The second kappa shape index (κ2) is 7.56. The van der Waals surface area contributed by atoms with Gasteiger partial charge in [0, 0.05) is 5.56 Å². The summed E-state index contributed by atoms with van der Waals surface area (Å²) in [7, 11) is 0. The Balaban J connectivity index is 1.77. The molecule has 0 aromatic heterocycles. The molecule has 1 nitrogen and oxygen atoms in total. The van der Waals surface area contributed by atoms with Crippen LogP contribution in [0, 0.1) is 6.92 Å². The number of aliphatic imine (C=N–C) groups is 1. The van der Waals surface area contributed by atoms with Gasteiger partial charge >= 0.3 is 0 Å². The smallest absolute Gasteiger partial charge is 0.0658 e. The van der Waals surface area contributed by atoms with Crippen molar-refractivity contribution in [2.75, 3.05) is 0 Å². The molecule has 0 saturated carbocycles. The quantitative estimate of drug-likeness (QED) is 0.517. The molecule has 24 heavy (non-hydrogen) atoms. The second-order valence-electron chi connectivity index (χ2n) is 5.88. The fourth-order valence-corrected chi connectivity index (χ4v) is 2.76. The monoisotopic (exact) mass is 311 g/mol. The van der Waals surface area contributed by atoms with E-state index >= 15 is 0 Å². The van der Waals surface area contributed by atoms with Crippen LogP contribution < -0.4 is 0 Å². The van der Waals surface area contributed by atoms with Crippen LogP contribution >= 0.6 is 0 Å². The lowest BCUT2D eigenvalue weighted by Crippen LogP contribution is -1.86. The highest BCUT2D eigenvalue weighted by Crippen LogP contribution is 2.21. The topological polar surface area (TPSA) is 12.4 Å². The van der Waals surface area contributed by atoms with Gasteiger partial charge in [0.1, 0.15) is 0 Å². The third kappa shape index (κ3) is 3.88. The first kappa shape index (κ1) is 15.9. The molecule has 0 aliphatic heterocycles. The highest BCUT2D eigenvalue weighted by atomic mass is 14.7. The largest absolute Gasteiger partial charge is 0.264 e. The first-order chi connectivity index (χ1) is 11.8. The van der Waals surface area contributed by atoms with Crippen molar-refractivity contribution in [2.24, 2.45) is 4.99 Å². The van der Waals surface area contributed by atoms with Gasteiger partial charge in [-0.3, -0.25) is 4.99 Å². The Bertz CT molecular complexity index is 843. The van der Waals surface area contributed by atoms with Gasteiger partial charge < -0.3 is 0 Å². The Hall–Kier alpha value is -2.93. The average molecular weight is 311 g/mol. The lowest BCUT2D eigenvalue weighted by Gasteiger charge is -2.05. The van der Waals surface area contributed by atoms with Crippen LogP contribution in [0.4, 0.5) is 0 Å². The van der Waals surface area contributed by atoms with Gasteiger partial charge in [-0.25, -0.2) is 0 Å². The zero-order valence-electron chi connectivity index (χ0n) is 13.9. The van der Waals surface area contributed by atoms with E-state index in [9.17, 15) is 0 Å². The molecule has 0 atom stereocenters. The summed E-state index contributed by atoms with van der Waals surface area (Å²) in [6.07, 6.45) is 2.98. The van der Waals surface area contributed by atoms with E-state index in [4.69, 9.17) is 0 Å². The molecule has 0 bridgehead atoms. The molecule has 3 rings (SSSR count). The molecule has 0 aliphatic carbocycles. The molecular weight excluding hydrogens is 290 g/mol. The highest BCUT2D eigenvalue weighted by Gasteiger charge is 2.01. The summed E-state index contributed by atoms with van der Waals surface area (Å²) in [5.74, 6) is 0. The number of aryl methyl sites for hydroxylation is 1. The van der Waals surface area contributed by atoms with E-state index < -0.39 is 0 Å². The van der Waals surface area contributed by atoms with E-state index in [-0.39, 0.29) is 0 Å². The molecule has 1 heteroatoms. The maximum atomic E-state index is 4.19. The molecule has 3 aromatic carbocycles. The molecule has 3 aromatic rings. The first-order valence-corrected chi connectivity index (χ1v) is 8.14. The van der Waals surface area contributed by atoms with Crippen molar-refractivity contribution in [2.45, 2.75) is 13.3 Å². The van der Waals surface area contributed by atoms with Crippen molar-refractivity contribution in [1.29, 1.82) is 0 Å². The SMILES string of the molecule is C=N/C(=C\Cc1ccc(-c2ccccc2)cc1)c1cccc(C)c1. The normalized spacial score (nSPS) is 11.3. The standard InChI is InChI=1S/C23H21N/c1-18-7-6-10-22(17-18)23(24-2)16-13-19-11-14-21(15-12-19)20-8-4-3-5-9-20/h3-12,14-17H,2,13H2,1H3/b23-16-. The minimum atomic E-state index is 0.845. The van der Waals surface area contributed by atoms with Gasteiger partial charge in [0.25, 0.3) is 0 Å². The summed E-state index contributed by atoms with van der Waals surface area (Å²) in [5, 5.41) is 0. The number of hydrogen-bond acceptors (Lipinski definition) is 1. The molecule has 118 valence electrons. The van der Waals surface area contributed by atoms with Crippen LogP contribution in [0.2, 0.25) is 0 Å². The summed E-state index contributed by atoms with van der Waals surface area (Å²) < 4.78 is 0. The zero-order chi connectivity index (χ0) is 16.8. The van der Waals surface area contributed by atoms with E-state index in [0.717, 1.165) is 17.7 Å². The number of benzene rings is 3. The molecule has 0 aliphatic rings. The van der Waals surface area contributed by atoms with E-state index in [0.29, 0.717) is 0 Å². The fourth-order valence-electron chi connectivity index (χ4n) is 2.76. The molecule has 0 radical (unpaired) electrons. The van der Waals surface area contributed by atoms with Gasteiger partial charge in [-0.2, -0.15) is 0 Å². The summed E-state index contributed by atoms with van der Waals surface area (Å²) in [5.41, 5.74) is 7.03. The maximum Gasteiger partial charge on any atom is 0.0658 e. The Kier molecular flexibility index (Phi) is 5.02. The van der Waals surface area contributed by atoms with Crippen molar-refractivity contribution in [3.05, 3.63) is 102 Å². The van der Waals surface area contributed by atoms with E-state index in [1.807, 2.05) is 6.07 Å². The Morgan fingerprint density at radius 1 is 0.875 bits per heavy atom. The van der Waals surface area contributed by atoms with E-state index in [1.165, 1.54) is 22.3 Å². The van der Waals surface area contributed by atoms with E-state index in [2.05, 4.69) is 97.5 Å². The van der Waals surface area contributed by atoms with Crippen molar-refractivity contribution in [3.63, 3.8) is 0 Å². The van der Waals surface area contributed by atoms with Crippen LogP contribution in [-0.2, 0) is 6.42 Å². The highest BCUT2D eigenvalue weighted by molar-refractivity contribution is 5.69. The summed E-state index contributed by atoms with van der Waals surface area (Å²) in [6, 6.07) is 27.5. The number of nitrogens with zero attached hydrogens (tertiary/aromatic N) is 1. The van der Waals surface area contributed by atoms with Gasteiger partial charge in [-0.15, -0.1) is 0 Å². The maximum absolute atomic E-state index is 4.19.